The van der Waals surface area contributed by atoms with E-state index in [9.17, 15) is 0 Å². The summed E-state index contributed by atoms with van der Waals surface area (Å²) in [5.41, 5.74) is 0. The summed E-state index contributed by atoms with van der Waals surface area (Å²) in [6, 6.07) is 3.99. The predicted octanol–water partition coefficient (Wildman–Crippen LogP) is 3.71. The summed E-state index contributed by atoms with van der Waals surface area (Å²) in [5.74, 6) is 1.53. The minimum Gasteiger partial charge on any atom is -0.355 e. The van der Waals surface area contributed by atoms with Gasteiger partial charge in [0.1, 0.15) is 0 Å². The minimum absolute atomic E-state index is 0.608. The lowest BCUT2D eigenvalue weighted by molar-refractivity contribution is 0.677. The normalized spacial score (nSPS) is 11.1. The highest BCUT2D eigenvalue weighted by atomic mass is 35.5. The van der Waals surface area contributed by atoms with Gasteiger partial charge in [-0.1, -0.05) is 25.4 Å². The van der Waals surface area contributed by atoms with Gasteiger partial charge in [0.05, 0.1) is 10.9 Å². The van der Waals surface area contributed by atoms with E-state index >= 15 is 0 Å². The van der Waals surface area contributed by atoms with E-state index in [1.165, 1.54) is 4.88 Å². The van der Waals surface area contributed by atoms with E-state index < -0.39 is 0 Å². The lowest BCUT2D eigenvalue weighted by atomic mass is 10.2. The SMILES string of the molecule is CC(C)CNc1nccn1Cc1ccc(Cl)s1. The number of nitrogens with zero attached hydrogens (tertiary/aromatic N) is 2. The quantitative estimate of drug-likeness (QED) is 0.897. The van der Waals surface area contributed by atoms with Gasteiger partial charge in [0, 0.05) is 23.8 Å². The largest absolute Gasteiger partial charge is 0.355 e. The average Bonchev–Trinajstić information content (AvgIpc) is 2.86. The molecule has 0 atom stereocenters. The summed E-state index contributed by atoms with van der Waals surface area (Å²) in [6.45, 7) is 6.11. The Bertz CT molecular complexity index is 476. The molecule has 0 spiro atoms. The molecule has 5 heteroatoms. The van der Waals surface area contributed by atoms with Crippen LogP contribution in [0.5, 0.6) is 0 Å². The van der Waals surface area contributed by atoms with Crippen LogP contribution < -0.4 is 5.32 Å². The molecule has 0 aromatic carbocycles. The summed E-state index contributed by atoms with van der Waals surface area (Å²) < 4.78 is 2.93. The first-order valence-electron chi connectivity index (χ1n) is 5.64. The second-order valence-electron chi connectivity index (χ2n) is 4.36. The average molecular weight is 270 g/mol. The highest BCUT2D eigenvalue weighted by Gasteiger charge is 2.05. The van der Waals surface area contributed by atoms with Crippen LogP contribution in [0, 0.1) is 5.92 Å². The smallest absolute Gasteiger partial charge is 0.203 e. The van der Waals surface area contributed by atoms with Gasteiger partial charge in [0.2, 0.25) is 5.95 Å². The summed E-state index contributed by atoms with van der Waals surface area (Å²) in [6.07, 6.45) is 3.80. The van der Waals surface area contributed by atoms with E-state index in [1.54, 1.807) is 11.3 Å². The van der Waals surface area contributed by atoms with Crippen molar-refractivity contribution in [2.75, 3.05) is 11.9 Å². The number of nitrogens with one attached hydrogen (secondary N) is 1. The number of thiophene rings is 1. The molecular weight excluding hydrogens is 254 g/mol. The molecule has 0 bridgehead atoms. The molecule has 92 valence electrons. The topological polar surface area (TPSA) is 29.9 Å². The molecule has 17 heavy (non-hydrogen) atoms. The zero-order valence-electron chi connectivity index (χ0n) is 9.98. The van der Waals surface area contributed by atoms with Crippen LogP contribution in [0.3, 0.4) is 0 Å². The van der Waals surface area contributed by atoms with Gasteiger partial charge < -0.3 is 9.88 Å². The third-order valence-corrected chi connectivity index (χ3v) is 3.55. The fraction of sp³-hybridized carbons (Fsp3) is 0.417. The molecule has 0 saturated heterocycles. The Morgan fingerprint density at radius 1 is 1.47 bits per heavy atom. The third-order valence-electron chi connectivity index (χ3n) is 2.34. The number of hydrogen-bond donors (Lipinski definition) is 1. The minimum atomic E-state index is 0.608. The van der Waals surface area contributed by atoms with E-state index in [-0.39, 0.29) is 0 Å². The molecule has 0 fully saturated rings. The summed E-state index contributed by atoms with van der Waals surface area (Å²) >= 11 is 7.53. The maximum Gasteiger partial charge on any atom is 0.203 e. The Balaban J connectivity index is 2.03. The Kier molecular flexibility index (Phi) is 4.07. The molecule has 0 radical (unpaired) electrons. The number of aromatic nitrogens is 2. The molecule has 2 aromatic heterocycles. The number of imidazole rings is 1. The molecule has 3 nitrogen and oxygen atoms in total. The molecule has 2 heterocycles. The van der Waals surface area contributed by atoms with Gasteiger partial charge in [-0.2, -0.15) is 0 Å². The second-order valence-corrected chi connectivity index (χ2v) is 6.16. The molecule has 0 amide bonds. The van der Waals surface area contributed by atoms with Crippen LogP contribution in [0.15, 0.2) is 24.5 Å². The van der Waals surface area contributed by atoms with Gasteiger partial charge in [0.15, 0.2) is 0 Å². The van der Waals surface area contributed by atoms with Gasteiger partial charge in [-0.25, -0.2) is 4.98 Å². The van der Waals surface area contributed by atoms with Crippen molar-refractivity contribution < 1.29 is 0 Å². The zero-order valence-corrected chi connectivity index (χ0v) is 11.6. The fourth-order valence-corrected chi connectivity index (χ4v) is 2.59. The lowest BCUT2D eigenvalue weighted by Gasteiger charge is -2.10. The van der Waals surface area contributed by atoms with Crippen LogP contribution in [-0.4, -0.2) is 16.1 Å². The lowest BCUT2D eigenvalue weighted by Crippen LogP contribution is -2.12. The van der Waals surface area contributed by atoms with Crippen molar-refractivity contribution in [1.82, 2.24) is 9.55 Å². The molecule has 1 N–H and O–H groups in total. The Labute approximate surface area is 110 Å². The predicted molar refractivity (Wildman–Crippen MR) is 74.0 cm³/mol. The van der Waals surface area contributed by atoms with Crippen LogP contribution in [0.4, 0.5) is 5.95 Å². The summed E-state index contributed by atoms with van der Waals surface area (Å²) in [5, 5.41) is 3.34. The molecule has 0 aliphatic carbocycles. The first kappa shape index (κ1) is 12.5. The fourth-order valence-electron chi connectivity index (χ4n) is 1.50. The zero-order chi connectivity index (χ0) is 12.3. The molecular formula is C12H16ClN3S. The van der Waals surface area contributed by atoms with Gasteiger partial charge >= 0.3 is 0 Å². The summed E-state index contributed by atoms with van der Waals surface area (Å²) in [7, 11) is 0. The van der Waals surface area contributed by atoms with Gasteiger partial charge in [-0.15, -0.1) is 11.3 Å². The molecule has 2 rings (SSSR count). The summed E-state index contributed by atoms with van der Waals surface area (Å²) in [4.78, 5) is 5.55. The van der Waals surface area contributed by atoms with Crippen LogP contribution in [0.2, 0.25) is 4.34 Å². The van der Waals surface area contributed by atoms with Crippen molar-refractivity contribution in [3.8, 4) is 0 Å². The van der Waals surface area contributed by atoms with Crippen molar-refractivity contribution in [1.29, 1.82) is 0 Å². The van der Waals surface area contributed by atoms with Crippen LogP contribution in [0.1, 0.15) is 18.7 Å². The Morgan fingerprint density at radius 3 is 2.94 bits per heavy atom. The number of hydrogen-bond acceptors (Lipinski definition) is 3. The van der Waals surface area contributed by atoms with E-state index in [4.69, 9.17) is 11.6 Å². The highest BCUT2D eigenvalue weighted by molar-refractivity contribution is 7.16. The first-order chi connectivity index (χ1) is 8.15. The van der Waals surface area contributed by atoms with E-state index in [0.717, 1.165) is 23.4 Å². The third kappa shape index (κ3) is 3.48. The Morgan fingerprint density at radius 2 is 2.29 bits per heavy atom. The van der Waals surface area contributed by atoms with Crippen molar-refractivity contribution in [3.63, 3.8) is 0 Å². The molecule has 2 aromatic rings. The second kappa shape index (κ2) is 5.56. The highest BCUT2D eigenvalue weighted by Crippen LogP contribution is 2.23. The molecule has 0 unspecified atom stereocenters. The maximum absolute atomic E-state index is 5.92. The first-order valence-corrected chi connectivity index (χ1v) is 6.84. The van der Waals surface area contributed by atoms with Gasteiger partial charge in [0.25, 0.3) is 0 Å². The van der Waals surface area contributed by atoms with Crippen molar-refractivity contribution in [2.45, 2.75) is 20.4 Å². The maximum atomic E-state index is 5.92. The number of rotatable bonds is 5. The van der Waals surface area contributed by atoms with Crippen molar-refractivity contribution >= 4 is 28.9 Å². The van der Waals surface area contributed by atoms with Crippen molar-refractivity contribution in [3.05, 3.63) is 33.7 Å². The van der Waals surface area contributed by atoms with Crippen LogP contribution in [-0.2, 0) is 6.54 Å². The molecule has 0 aliphatic heterocycles. The Hall–Kier alpha value is -1.000. The van der Waals surface area contributed by atoms with Gasteiger partial charge in [-0.05, 0) is 18.1 Å². The van der Waals surface area contributed by atoms with E-state index in [1.807, 2.05) is 18.5 Å². The molecule has 0 aliphatic rings. The molecule has 0 saturated carbocycles. The number of halogens is 1. The monoisotopic (exact) mass is 269 g/mol. The van der Waals surface area contributed by atoms with E-state index in [2.05, 4.69) is 34.8 Å². The van der Waals surface area contributed by atoms with Crippen LogP contribution in [0.25, 0.3) is 0 Å². The van der Waals surface area contributed by atoms with E-state index in [0.29, 0.717) is 5.92 Å². The standard InChI is InChI=1S/C12H16ClN3S/c1-9(2)7-15-12-14-5-6-16(12)8-10-3-4-11(13)17-10/h3-6,9H,7-8H2,1-2H3,(H,14,15). The van der Waals surface area contributed by atoms with Crippen LogP contribution >= 0.6 is 22.9 Å². The number of anilines is 1. The van der Waals surface area contributed by atoms with Gasteiger partial charge in [-0.3, -0.25) is 0 Å². The van der Waals surface area contributed by atoms with Crippen molar-refractivity contribution in [2.24, 2.45) is 5.92 Å².